The van der Waals surface area contributed by atoms with E-state index < -0.39 is 12.0 Å². The molecule has 0 fully saturated rings. The smallest absolute Gasteiger partial charge is 0.320 e. The third-order valence-corrected chi connectivity index (χ3v) is 2.23. The molecular formula is C9H19NO3. The lowest BCUT2D eigenvalue weighted by Crippen LogP contribution is -2.43. The average Bonchev–Trinajstić information content (AvgIpc) is 2.11. The molecular weight excluding hydrogens is 170 g/mol. The quantitative estimate of drug-likeness (QED) is 0.672. The molecule has 13 heavy (non-hydrogen) atoms. The number of carbonyl (C=O) groups is 1. The molecule has 0 rings (SSSR count). The van der Waals surface area contributed by atoms with E-state index in [9.17, 15) is 4.79 Å². The van der Waals surface area contributed by atoms with Crippen molar-refractivity contribution in [2.24, 2.45) is 0 Å². The maximum atomic E-state index is 10.6. The number of rotatable bonds is 6. The van der Waals surface area contributed by atoms with Gasteiger partial charge in [0.2, 0.25) is 0 Å². The Kier molecular flexibility index (Phi) is 5.66. The molecule has 0 aliphatic rings. The van der Waals surface area contributed by atoms with Crippen molar-refractivity contribution in [3.63, 3.8) is 0 Å². The molecule has 2 atom stereocenters. The Morgan fingerprint density at radius 1 is 1.54 bits per heavy atom. The summed E-state index contributed by atoms with van der Waals surface area (Å²) >= 11 is 0. The summed E-state index contributed by atoms with van der Waals surface area (Å²) in [4.78, 5) is 12.4. The summed E-state index contributed by atoms with van der Waals surface area (Å²) in [6.45, 7) is 6.79. The molecule has 1 N–H and O–H groups in total. The highest BCUT2D eigenvalue weighted by molar-refractivity contribution is 5.72. The Bertz CT molecular complexity index is 161. The van der Waals surface area contributed by atoms with Crippen LogP contribution in [0, 0.1) is 0 Å². The van der Waals surface area contributed by atoms with Gasteiger partial charge in [-0.05, 0) is 27.8 Å². The number of carboxylic acids is 1. The monoisotopic (exact) mass is 189 g/mol. The predicted octanol–water partition coefficient (Wildman–Crippen LogP) is 0.816. The van der Waals surface area contributed by atoms with E-state index in [0.29, 0.717) is 13.2 Å². The van der Waals surface area contributed by atoms with Gasteiger partial charge in [0.15, 0.2) is 0 Å². The highest BCUT2D eigenvalue weighted by atomic mass is 16.5. The lowest BCUT2D eigenvalue weighted by atomic mass is 10.2. The number of nitrogens with zero attached hydrogens (tertiary/aromatic N) is 1. The molecule has 0 bridgehead atoms. The van der Waals surface area contributed by atoms with Crippen molar-refractivity contribution in [2.75, 3.05) is 20.3 Å². The highest BCUT2D eigenvalue weighted by Crippen LogP contribution is 2.02. The van der Waals surface area contributed by atoms with Crippen LogP contribution >= 0.6 is 0 Å². The summed E-state index contributed by atoms with van der Waals surface area (Å²) in [6, 6.07) is -0.332. The molecule has 4 heteroatoms. The Labute approximate surface area is 79.5 Å². The first-order chi connectivity index (χ1) is 6.00. The van der Waals surface area contributed by atoms with Crippen LogP contribution in [0.4, 0.5) is 0 Å². The predicted molar refractivity (Wildman–Crippen MR) is 50.8 cm³/mol. The fourth-order valence-corrected chi connectivity index (χ4v) is 0.962. The Balaban J connectivity index is 3.93. The molecule has 0 aromatic heterocycles. The van der Waals surface area contributed by atoms with E-state index in [1.807, 2.05) is 13.8 Å². The van der Waals surface area contributed by atoms with E-state index in [1.165, 1.54) is 0 Å². The lowest BCUT2D eigenvalue weighted by Gasteiger charge is -2.27. The number of carboxylic acid groups (broad SMARTS) is 1. The largest absolute Gasteiger partial charge is 0.480 e. The Morgan fingerprint density at radius 3 is 2.46 bits per heavy atom. The molecule has 0 amide bonds. The third-order valence-electron chi connectivity index (χ3n) is 2.23. The minimum Gasteiger partial charge on any atom is -0.480 e. The van der Waals surface area contributed by atoms with Crippen molar-refractivity contribution in [3.8, 4) is 0 Å². The number of hydrogen-bond acceptors (Lipinski definition) is 3. The zero-order chi connectivity index (χ0) is 10.4. The highest BCUT2D eigenvalue weighted by Gasteiger charge is 2.21. The standard InChI is InChI=1S/C9H19NO3/c1-5-13-6-7(2)10(4)8(3)9(11)12/h7-8H,5-6H2,1-4H3,(H,11,12). The minimum absolute atomic E-state index is 0.131. The molecule has 0 aromatic carbocycles. The Hall–Kier alpha value is -0.610. The molecule has 0 aliphatic carbocycles. The van der Waals surface area contributed by atoms with Crippen molar-refractivity contribution in [3.05, 3.63) is 0 Å². The molecule has 2 unspecified atom stereocenters. The molecule has 0 saturated carbocycles. The lowest BCUT2D eigenvalue weighted by molar-refractivity contribution is -0.143. The van der Waals surface area contributed by atoms with Gasteiger partial charge in [-0.15, -0.1) is 0 Å². The molecule has 0 aliphatic heterocycles. The zero-order valence-electron chi connectivity index (χ0n) is 8.78. The van der Waals surface area contributed by atoms with Crippen LogP contribution in [-0.4, -0.2) is 48.3 Å². The number of likely N-dealkylation sites (N-methyl/N-ethyl adjacent to an activating group) is 1. The number of aliphatic carboxylic acids is 1. The summed E-state index contributed by atoms with van der Waals surface area (Å²) in [7, 11) is 1.79. The summed E-state index contributed by atoms with van der Waals surface area (Å²) < 4.78 is 5.21. The maximum Gasteiger partial charge on any atom is 0.320 e. The van der Waals surface area contributed by atoms with Crippen LogP contribution in [0.25, 0.3) is 0 Å². The first-order valence-corrected chi connectivity index (χ1v) is 4.53. The van der Waals surface area contributed by atoms with E-state index in [2.05, 4.69) is 0 Å². The topological polar surface area (TPSA) is 49.8 Å². The van der Waals surface area contributed by atoms with Gasteiger partial charge < -0.3 is 9.84 Å². The van der Waals surface area contributed by atoms with Gasteiger partial charge in [-0.25, -0.2) is 0 Å². The van der Waals surface area contributed by atoms with Crippen molar-refractivity contribution in [1.29, 1.82) is 0 Å². The summed E-state index contributed by atoms with van der Waals surface area (Å²) in [6.07, 6.45) is 0. The molecule has 0 saturated heterocycles. The average molecular weight is 189 g/mol. The van der Waals surface area contributed by atoms with Crippen molar-refractivity contribution in [1.82, 2.24) is 4.90 Å². The van der Waals surface area contributed by atoms with Crippen LogP contribution in [0.1, 0.15) is 20.8 Å². The fourth-order valence-electron chi connectivity index (χ4n) is 0.962. The molecule has 0 heterocycles. The van der Waals surface area contributed by atoms with Crippen LogP contribution < -0.4 is 0 Å². The maximum absolute atomic E-state index is 10.6. The van der Waals surface area contributed by atoms with Crippen LogP contribution in [0.2, 0.25) is 0 Å². The van der Waals surface area contributed by atoms with E-state index in [-0.39, 0.29) is 6.04 Å². The van der Waals surface area contributed by atoms with E-state index in [0.717, 1.165) is 0 Å². The van der Waals surface area contributed by atoms with Crippen LogP contribution in [0.3, 0.4) is 0 Å². The van der Waals surface area contributed by atoms with Crippen molar-refractivity contribution >= 4 is 5.97 Å². The third kappa shape index (κ3) is 4.24. The first kappa shape index (κ1) is 12.4. The minimum atomic E-state index is -0.800. The summed E-state index contributed by atoms with van der Waals surface area (Å²) in [5.41, 5.74) is 0. The van der Waals surface area contributed by atoms with E-state index in [4.69, 9.17) is 9.84 Å². The second-order valence-corrected chi connectivity index (χ2v) is 3.19. The van der Waals surface area contributed by atoms with Crippen molar-refractivity contribution < 1.29 is 14.6 Å². The first-order valence-electron chi connectivity index (χ1n) is 4.53. The van der Waals surface area contributed by atoms with Gasteiger partial charge in [0.1, 0.15) is 6.04 Å². The van der Waals surface area contributed by atoms with Gasteiger partial charge in [0.05, 0.1) is 6.61 Å². The van der Waals surface area contributed by atoms with Gasteiger partial charge in [-0.1, -0.05) is 0 Å². The van der Waals surface area contributed by atoms with Gasteiger partial charge >= 0.3 is 5.97 Å². The van der Waals surface area contributed by atoms with Crippen molar-refractivity contribution in [2.45, 2.75) is 32.9 Å². The van der Waals surface area contributed by atoms with E-state index >= 15 is 0 Å². The number of ether oxygens (including phenoxy) is 1. The molecule has 78 valence electrons. The van der Waals surface area contributed by atoms with E-state index in [1.54, 1.807) is 18.9 Å². The van der Waals surface area contributed by atoms with Gasteiger partial charge in [-0.3, -0.25) is 9.69 Å². The molecule has 0 aromatic rings. The SMILES string of the molecule is CCOCC(C)N(C)C(C)C(=O)O. The second-order valence-electron chi connectivity index (χ2n) is 3.19. The van der Waals surface area contributed by atoms with Gasteiger partial charge in [0.25, 0.3) is 0 Å². The second kappa shape index (κ2) is 5.94. The molecule has 0 radical (unpaired) electrons. The number of hydrogen-bond donors (Lipinski definition) is 1. The zero-order valence-corrected chi connectivity index (χ0v) is 8.78. The fraction of sp³-hybridized carbons (Fsp3) is 0.889. The van der Waals surface area contributed by atoms with Gasteiger partial charge in [0, 0.05) is 12.6 Å². The molecule has 0 spiro atoms. The van der Waals surface area contributed by atoms with Crippen LogP contribution in [0.5, 0.6) is 0 Å². The normalized spacial score (nSPS) is 15.8. The van der Waals surface area contributed by atoms with Gasteiger partial charge in [-0.2, -0.15) is 0 Å². The molecule has 4 nitrogen and oxygen atoms in total. The van der Waals surface area contributed by atoms with Crippen LogP contribution in [-0.2, 0) is 9.53 Å². The Morgan fingerprint density at radius 2 is 2.08 bits per heavy atom. The van der Waals surface area contributed by atoms with Crippen LogP contribution in [0.15, 0.2) is 0 Å². The summed E-state index contributed by atoms with van der Waals surface area (Å²) in [5.74, 6) is -0.800. The summed E-state index contributed by atoms with van der Waals surface area (Å²) in [5, 5.41) is 8.74.